The van der Waals surface area contributed by atoms with Gasteiger partial charge in [-0.2, -0.15) is 0 Å². The van der Waals surface area contributed by atoms with E-state index in [1.165, 1.54) is 19.3 Å². The molecular formula is C18H22N2O. The molecule has 3 aliphatic carbocycles. The van der Waals surface area contributed by atoms with E-state index in [2.05, 4.69) is 12.2 Å². The van der Waals surface area contributed by atoms with Crippen molar-refractivity contribution in [3.05, 3.63) is 30.3 Å². The van der Waals surface area contributed by atoms with E-state index in [1.807, 2.05) is 30.3 Å². The van der Waals surface area contributed by atoms with Crippen LogP contribution in [-0.2, 0) is 4.79 Å². The van der Waals surface area contributed by atoms with Crippen LogP contribution in [0.25, 0.3) is 0 Å². The van der Waals surface area contributed by atoms with Gasteiger partial charge in [0.2, 0.25) is 5.91 Å². The third kappa shape index (κ3) is 1.55. The van der Waals surface area contributed by atoms with Gasteiger partial charge in [0.05, 0.1) is 0 Å². The highest BCUT2D eigenvalue weighted by atomic mass is 16.2. The number of carbonyl (C=O) groups excluding carboxylic acids is 1. The highest BCUT2D eigenvalue weighted by Crippen LogP contribution is 2.80. The SMILES string of the molecule is CC1(C23CCC2C(C(=O)Nc2ccccc2)C3C=N)CC1. The molecule has 110 valence electrons. The lowest BCUT2D eigenvalue weighted by Gasteiger charge is -2.70. The average Bonchev–Trinajstić information content (AvgIpc) is 3.20. The first kappa shape index (κ1) is 13.1. The van der Waals surface area contributed by atoms with Crippen LogP contribution >= 0.6 is 0 Å². The monoisotopic (exact) mass is 282 g/mol. The Morgan fingerprint density at radius 2 is 2.00 bits per heavy atom. The van der Waals surface area contributed by atoms with Gasteiger partial charge in [0.1, 0.15) is 0 Å². The van der Waals surface area contributed by atoms with Crippen molar-refractivity contribution >= 4 is 17.8 Å². The fourth-order valence-electron chi connectivity index (χ4n) is 5.14. The summed E-state index contributed by atoms with van der Waals surface area (Å²) in [4.78, 5) is 12.6. The highest BCUT2D eigenvalue weighted by molar-refractivity contribution is 5.96. The third-order valence-electron chi connectivity index (χ3n) is 6.59. The molecule has 0 spiro atoms. The summed E-state index contributed by atoms with van der Waals surface area (Å²) in [6.45, 7) is 2.36. The van der Waals surface area contributed by atoms with Gasteiger partial charge in [-0.15, -0.1) is 0 Å². The zero-order chi connectivity index (χ0) is 14.7. The molecule has 1 amide bonds. The van der Waals surface area contributed by atoms with Gasteiger partial charge in [-0.05, 0) is 60.8 Å². The largest absolute Gasteiger partial charge is 0.326 e. The van der Waals surface area contributed by atoms with E-state index in [4.69, 9.17) is 5.41 Å². The molecule has 0 aromatic heterocycles. The Kier molecular flexibility index (Phi) is 2.60. The molecule has 3 nitrogen and oxygen atoms in total. The molecule has 2 N–H and O–H groups in total. The fraction of sp³-hybridized carbons (Fsp3) is 0.556. The Balaban J connectivity index is 1.54. The maximum absolute atomic E-state index is 12.6. The predicted octanol–water partition coefficient (Wildman–Crippen LogP) is 3.72. The van der Waals surface area contributed by atoms with Gasteiger partial charge in [-0.1, -0.05) is 25.1 Å². The molecule has 0 heterocycles. The Bertz CT molecular complexity index is 592. The topological polar surface area (TPSA) is 53.0 Å². The average molecular weight is 282 g/mol. The van der Waals surface area contributed by atoms with Crippen LogP contribution in [0.4, 0.5) is 5.69 Å². The van der Waals surface area contributed by atoms with E-state index >= 15 is 0 Å². The summed E-state index contributed by atoms with van der Waals surface area (Å²) in [5, 5.41) is 10.9. The second-order valence-electron chi connectivity index (χ2n) is 7.32. The maximum Gasteiger partial charge on any atom is 0.228 e. The maximum atomic E-state index is 12.6. The van der Waals surface area contributed by atoms with Gasteiger partial charge >= 0.3 is 0 Å². The first-order valence-electron chi connectivity index (χ1n) is 7.99. The summed E-state index contributed by atoms with van der Waals surface area (Å²) in [5.74, 6) is 0.765. The number of para-hydroxylation sites is 1. The zero-order valence-electron chi connectivity index (χ0n) is 12.4. The lowest BCUT2D eigenvalue weighted by molar-refractivity contribution is -0.209. The number of nitrogens with one attached hydrogen (secondary N) is 2. The third-order valence-corrected chi connectivity index (χ3v) is 6.59. The highest BCUT2D eigenvalue weighted by Gasteiger charge is 2.76. The van der Waals surface area contributed by atoms with E-state index < -0.39 is 0 Å². The number of benzene rings is 1. The second-order valence-corrected chi connectivity index (χ2v) is 7.32. The van der Waals surface area contributed by atoms with Crippen molar-refractivity contribution in [1.82, 2.24) is 0 Å². The van der Waals surface area contributed by atoms with E-state index in [0.717, 1.165) is 12.1 Å². The first-order valence-corrected chi connectivity index (χ1v) is 7.99. The first-order chi connectivity index (χ1) is 10.1. The molecule has 0 saturated heterocycles. The standard InChI is InChI=1S/C18H22N2O/c1-17(9-10-17)18-8-7-13(18)15(14(18)11-19)16(21)20-12-5-3-2-4-6-12/h2-6,11,13-15,19H,7-10H2,1H3,(H,20,21). The van der Waals surface area contributed by atoms with E-state index in [1.54, 1.807) is 6.21 Å². The van der Waals surface area contributed by atoms with Crippen LogP contribution in [0.1, 0.15) is 32.6 Å². The second kappa shape index (κ2) is 4.19. The molecule has 3 saturated carbocycles. The number of hydrogen-bond donors (Lipinski definition) is 2. The quantitative estimate of drug-likeness (QED) is 0.813. The number of amides is 1. The summed E-state index contributed by atoms with van der Waals surface area (Å²) < 4.78 is 0. The van der Waals surface area contributed by atoms with Gasteiger partial charge in [-0.25, -0.2) is 0 Å². The molecular weight excluding hydrogens is 260 g/mol. The fourth-order valence-corrected chi connectivity index (χ4v) is 5.14. The van der Waals surface area contributed by atoms with E-state index in [9.17, 15) is 4.79 Å². The van der Waals surface area contributed by atoms with E-state index in [0.29, 0.717) is 11.3 Å². The van der Waals surface area contributed by atoms with Crippen LogP contribution in [-0.4, -0.2) is 12.1 Å². The van der Waals surface area contributed by atoms with E-state index in [-0.39, 0.29) is 23.2 Å². The molecule has 0 aliphatic heterocycles. The molecule has 3 aliphatic rings. The van der Waals surface area contributed by atoms with Crippen molar-refractivity contribution in [2.45, 2.75) is 32.6 Å². The molecule has 0 bridgehead atoms. The Hall–Kier alpha value is -1.64. The van der Waals surface area contributed by atoms with Crippen LogP contribution in [0, 0.1) is 34.0 Å². The number of carbonyl (C=O) groups is 1. The normalized spacial score (nSPS) is 38.4. The smallest absolute Gasteiger partial charge is 0.228 e. The summed E-state index contributed by atoms with van der Waals surface area (Å²) in [6, 6.07) is 9.66. The van der Waals surface area contributed by atoms with Crippen LogP contribution in [0.15, 0.2) is 30.3 Å². The zero-order valence-corrected chi connectivity index (χ0v) is 12.4. The van der Waals surface area contributed by atoms with Crippen molar-refractivity contribution in [2.24, 2.45) is 28.6 Å². The Morgan fingerprint density at radius 3 is 2.52 bits per heavy atom. The van der Waals surface area contributed by atoms with Crippen molar-refractivity contribution < 1.29 is 4.79 Å². The summed E-state index contributed by atoms with van der Waals surface area (Å²) >= 11 is 0. The molecule has 3 fully saturated rings. The summed E-state index contributed by atoms with van der Waals surface area (Å²) in [6.07, 6.45) is 6.49. The lowest BCUT2D eigenvalue weighted by atomic mass is 9.33. The summed E-state index contributed by atoms with van der Waals surface area (Å²) in [5.41, 5.74) is 1.54. The van der Waals surface area contributed by atoms with Gasteiger partial charge in [0, 0.05) is 17.5 Å². The van der Waals surface area contributed by atoms with Crippen molar-refractivity contribution in [2.75, 3.05) is 5.32 Å². The minimum Gasteiger partial charge on any atom is -0.326 e. The molecule has 1 aromatic rings. The molecule has 3 heteroatoms. The minimum atomic E-state index is 0.00822. The molecule has 4 atom stereocenters. The number of fused-ring (bicyclic) bond motifs is 1. The van der Waals surface area contributed by atoms with Gasteiger partial charge in [0.15, 0.2) is 0 Å². The van der Waals surface area contributed by atoms with Crippen molar-refractivity contribution in [3.63, 3.8) is 0 Å². The molecule has 4 rings (SSSR count). The Labute approximate surface area is 125 Å². The lowest BCUT2D eigenvalue weighted by Crippen LogP contribution is -2.69. The van der Waals surface area contributed by atoms with Crippen molar-refractivity contribution in [3.8, 4) is 0 Å². The van der Waals surface area contributed by atoms with Gasteiger partial charge in [0.25, 0.3) is 0 Å². The molecule has 4 unspecified atom stereocenters. The van der Waals surface area contributed by atoms with Crippen LogP contribution in [0.5, 0.6) is 0 Å². The molecule has 1 aromatic carbocycles. The van der Waals surface area contributed by atoms with Crippen LogP contribution < -0.4 is 5.32 Å². The van der Waals surface area contributed by atoms with Gasteiger partial charge in [-0.3, -0.25) is 4.79 Å². The van der Waals surface area contributed by atoms with Crippen LogP contribution in [0.2, 0.25) is 0 Å². The molecule has 21 heavy (non-hydrogen) atoms. The molecule has 0 radical (unpaired) electrons. The Morgan fingerprint density at radius 1 is 1.29 bits per heavy atom. The number of anilines is 1. The van der Waals surface area contributed by atoms with Gasteiger partial charge < -0.3 is 10.7 Å². The predicted molar refractivity (Wildman–Crippen MR) is 83.3 cm³/mol. The summed E-state index contributed by atoms with van der Waals surface area (Å²) in [7, 11) is 0. The number of hydrogen-bond acceptors (Lipinski definition) is 2. The van der Waals surface area contributed by atoms with Crippen LogP contribution in [0.3, 0.4) is 0 Å². The van der Waals surface area contributed by atoms with Crippen molar-refractivity contribution in [1.29, 1.82) is 5.41 Å². The number of rotatable bonds is 4. The minimum absolute atomic E-state index is 0.00822.